The van der Waals surface area contributed by atoms with Crippen molar-refractivity contribution < 1.29 is 76.7 Å². The van der Waals surface area contributed by atoms with Crippen molar-refractivity contribution in [1.29, 1.82) is 0 Å². The van der Waals surface area contributed by atoms with E-state index in [1.807, 2.05) is 40.7 Å². The summed E-state index contributed by atoms with van der Waals surface area (Å²) in [5.41, 5.74) is -3.27. The van der Waals surface area contributed by atoms with Crippen LogP contribution in [0.1, 0.15) is 143 Å². The smallest absolute Gasteiger partial charge is 0.332 e. The number of allylic oxidation sites excluding steroid dienone is 4. The molecule has 18 nitrogen and oxygen atoms in total. The molecular weight excluding hydrogens is 945 g/mol. The van der Waals surface area contributed by atoms with Gasteiger partial charge in [-0.15, -0.1) is 0 Å². The highest BCUT2D eigenvalue weighted by Gasteiger charge is 2.89. The van der Waals surface area contributed by atoms with Crippen molar-refractivity contribution in [3.8, 4) is 5.75 Å². The minimum Gasteiger partial charge on any atom is -0.505 e. The largest absolute Gasteiger partial charge is 0.505 e. The van der Waals surface area contributed by atoms with Crippen LogP contribution in [0.15, 0.2) is 64.7 Å². The summed E-state index contributed by atoms with van der Waals surface area (Å²) in [5, 5.41) is 26.6. The Labute approximate surface area is 425 Å². The van der Waals surface area contributed by atoms with Crippen LogP contribution in [-0.4, -0.2) is 100 Å². The third kappa shape index (κ3) is 9.15. The number of para-hydroxylation sites is 1. The summed E-state index contributed by atoms with van der Waals surface area (Å²) < 4.78 is 34.8. The molecule has 0 bridgehead atoms. The fourth-order valence-electron chi connectivity index (χ4n) is 13.4. The van der Waals surface area contributed by atoms with Crippen LogP contribution in [0.2, 0.25) is 0 Å². The molecule has 1 spiro atoms. The number of nitrogens with one attached hydrogen (secondary N) is 2. The number of phenols is 1. The topological polar surface area (TPSA) is 264 Å². The molecule has 6 aliphatic rings. The number of esters is 4. The molecule has 2 amide bonds. The lowest BCUT2D eigenvalue weighted by Gasteiger charge is -2.64. The number of epoxide rings is 1. The summed E-state index contributed by atoms with van der Waals surface area (Å²) in [4.78, 5) is 102. The number of ether oxygens (including phenoxy) is 5. The molecule has 2 saturated carbocycles. The fraction of sp³-hybridized carbons (Fsp3) is 0.600. The SMILES string of the molecule is CC(=O)OC1CC2(C)C(c3ccoc3)CC3OC32C2(C)C(=O)C(O)=C3C(C)(C)C(=O)C=CC3(C)C12.CCCCCC1C(=O)OC(C)C(NC(=O)c2cccc(NC=O)c2O)C(=O)OC(C)C1OC(=O)CC(C)C. The maximum Gasteiger partial charge on any atom is 0.332 e. The van der Waals surface area contributed by atoms with Gasteiger partial charge in [-0.05, 0) is 101 Å². The summed E-state index contributed by atoms with van der Waals surface area (Å²) >= 11 is 0. The molecule has 13 atom stereocenters. The van der Waals surface area contributed by atoms with Gasteiger partial charge in [-0.3, -0.25) is 33.6 Å². The third-order valence-electron chi connectivity index (χ3n) is 16.6. The molecule has 3 heterocycles. The number of hydrogen-bond donors (Lipinski definition) is 4. The second kappa shape index (κ2) is 20.2. The van der Waals surface area contributed by atoms with Crippen molar-refractivity contribution in [2.75, 3.05) is 5.32 Å². The minimum atomic E-state index is -1.42. The molecule has 1 aromatic heterocycles. The molecule has 13 unspecified atom stereocenters. The van der Waals surface area contributed by atoms with Gasteiger partial charge in [-0.25, -0.2) is 4.79 Å². The second-order valence-electron chi connectivity index (χ2n) is 22.1. The van der Waals surface area contributed by atoms with Gasteiger partial charge in [0.1, 0.15) is 23.9 Å². The number of carbonyl (C=O) groups excluding carboxylic acids is 8. The Kier molecular flexibility index (Phi) is 15.1. The van der Waals surface area contributed by atoms with E-state index in [9.17, 15) is 48.6 Å². The van der Waals surface area contributed by atoms with E-state index in [0.29, 0.717) is 37.7 Å². The lowest BCUT2D eigenvalue weighted by atomic mass is 9.38. The average Bonchev–Trinajstić information content (AvgIpc) is 3.66. The van der Waals surface area contributed by atoms with Gasteiger partial charge in [0.2, 0.25) is 12.2 Å². The normalized spacial score (nSPS) is 34.9. The zero-order valence-corrected chi connectivity index (χ0v) is 43.5. The highest BCUT2D eigenvalue weighted by molar-refractivity contribution is 6.07. The maximum absolute atomic E-state index is 14.3. The maximum atomic E-state index is 14.3. The summed E-state index contributed by atoms with van der Waals surface area (Å²) in [6, 6.07) is 4.65. The molecule has 73 heavy (non-hydrogen) atoms. The summed E-state index contributed by atoms with van der Waals surface area (Å²) in [6.45, 7) is 19.5. The number of benzene rings is 1. The van der Waals surface area contributed by atoms with E-state index in [2.05, 4.69) is 17.6 Å². The number of Topliss-reactive ketones (excluding diaryl/α,β-unsaturated/α-hetero) is 1. The molecule has 2 aliphatic heterocycles. The summed E-state index contributed by atoms with van der Waals surface area (Å²) in [6.07, 6.45) is 7.24. The van der Waals surface area contributed by atoms with Gasteiger partial charge in [-0.1, -0.05) is 66.0 Å². The predicted molar refractivity (Wildman–Crippen MR) is 261 cm³/mol. The number of phenolic OH excluding ortho intramolecular Hbond substituents is 1. The van der Waals surface area contributed by atoms with Gasteiger partial charge < -0.3 is 48.9 Å². The lowest BCUT2D eigenvalue weighted by Crippen LogP contribution is -2.70. The lowest BCUT2D eigenvalue weighted by molar-refractivity contribution is -0.200. The number of aliphatic hydroxyl groups excluding tert-OH is 1. The number of amides is 2. The molecule has 2 saturated heterocycles. The first kappa shape index (κ1) is 54.5. The standard InChI is InChI=1S/C28H32O7.C27H38N2O9/c1-14(29)34-17-12-26(5)16(15-8-10-33-13-15)11-19-28(26,35-19)27(6)21(17)25(4)9-7-18(30)24(2,3)22(25)20(31)23(27)32;1-6-7-8-10-19-24(38-21(31)13-15(2)3)17(5)37-27(35)22(16(4)36-26(19)34)29-25(33)18-11-9-12-20(23(18)32)28-14-30/h7-10,13,16-17,19,21,31H,11-12H2,1-6H3;9,11-12,14-17,19,22,24,32H,6-8,10,13H2,1-5H3,(H,28,30)(H,29,33). The first-order valence-electron chi connectivity index (χ1n) is 25.3. The molecule has 2 aromatic rings. The van der Waals surface area contributed by atoms with Gasteiger partial charge in [-0.2, -0.15) is 0 Å². The number of hydrogen-bond acceptors (Lipinski definition) is 16. The molecule has 0 radical (unpaired) electrons. The zero-order chi connectivity index (χ0) is 53.7. The minimum absolute atomic E-state index is 0.00114. The van der Waals surface area contributed by atoms with Crippen molar-refractivity contribution in [3.63, 3.8) is 0 Å². The quantitative estimate of drug-likeness (QED) is 0.0377. The molecule has 8 rings (SSSR count). The van der Waals surface area contributed by atoms with Crippen molar-refractivity contribution >= 4 is 53.4 Å². The van der Waals surface area contributed by atoms with Gasteiger partial charge >= 0.3 is 23.9 Å². The van der Waals surface area contributed by atoms with Crippen LogP contribution in [0.4, 0.5) is 5.69 Å². The number of carbonyl (C=O) groups is 8. The molecule has 396 valence electrons. The number of anilines is 1. The van der Waals surface area contributed by atoms with Crippen LogP contribution in [-0.2, 0) is 57.2 Å². The Hall–Kier alpha value is -6.30. The Bertz CT molecular complexity index is 2600. The van der Waals surface area contributed by atoms with Crippen LogP contribution >= 0.6 is 0 Å². The summed E-state index contributed by atoms with van der Waals surface area (Å²) in [7, 11) is 0. The van der Waals surface area contributed by atoms with E-state index in [4.69, 9.17) is 28.1 Å². The van der Waals surface area contributed by atoms with Crippen molar-refractivity contribution in [1.82, 2.24) is 5.32 Å². The van der Waals surface area contributed by atoms with Gasteiger partial charge in [0, 0.05) is 30.1 Å². The Morgan fingerprint density at radius 1 is 0.945 bits per heavy atom. The van der Waals surface area contributed by atoms with Crippen LogP contribution in [0.25, 0.3) is 0 Å². The van der Waals surface area contributed by atoms with E-state index in [1.165, 1.54) is 39.0 Å². The molecule has 4 N–H and O–H groups in total. The molecular formula is C55H70N2O16. The number of aliphatic hydroxyl groups is 1. The second-order valence-corrected chi connectivity index (χ2v) is 22.1. The van der Waals surface area contributed by atoms with Crippen molar-refractivity contribution in [3.05, 3.63) is 71.4 Å². The summed E-state index contributed by atoms with van der Waals surface area (Å²) in [5.74, 6) is -6.11. The number of ketones is 2. The number of cyclic esters (lactones) is 2. The van der Waals surface area contributed by atoms with Gasteiger partial charge in [0.15, 0.2) is 29.4 Å². The first-order chi connectivity index (χ1) is 34.3. The monoisotopic (exact) mass is 1010 g/mol. The number of rotatable bonds is 13. The van der Waals surface area contributed by atoms with E-state index in [-0.39, 0.29) is 47.2 Å². The predicted octanol–water partition coefficient (Wildman–Crippen LogP) is 7.53. The van der Waals surface area contributed by atoms with E-state index in [1.54, 1.807) is 38.5 Å². The Balaban J connectivity index is 0.000000214. The number of furan rings is 1. The van der Waals surface area contributed by atoms with Crippen molar-refractivity contribution in [2.45, 2.75) is 169 Å². The van der Waals surface area contributed by atoms with Crippen LogP contribution in [0.5, 0.6) is 5.75 Å². The van der Waals surface area contributed by atoms with Crippen LogP contribution < -0.4 is 10.6 Å². The van der Waals surface area contributed by atoms with E-state index < -0.39 is 111 Å². The first-order valence-corrected chi connectivity index (χ1v) is 25.3. The number of aromatic hydroxyl groups is 1. The Morgan fingerprint density at radius 3 is 2.27 bits per heavy atom. The van der Waals surface area contributed by atoms with Gasteiger partial charge in [0.05, 0.1) is 46.6 Å². The fourth-order valence-corrected chi connectivity index (χ4v) is 13.4. The molecule has 4 aliphatic carbocycles. The molecule has 18 heteroatoms. The van der Waals surface area contributed by atoms with Crippen LogP contribution in [0.3, 0.4) is 0 Å². The van der Waals surface area contributed by atoms with E-state index >= 15 is 0 Å². The molecule has 1 aromatic carbocycles. The number of unbranched alkanes of at least 4 members (excludes halogenated alkanes) is 2. The Morgan fingerprint density at radius 2 is 1.64 bits per heavy atom. The number of fused-ring (bicyclic) bond motifs is 3. The van der Waals surface area contributed by atoms with E-state index in [0.717, 1.165) is 18.4 Å². The van der Waals surface area contributed by atoms with Crippen molar-refractivity contribution in [2.24, 2.45) is 39.4 Å². The zero-order valence-electron chi connectivity index (χ0n) is 43.5. The van der Waals surface area contributed by atoms with Crippen LogP contribution in [0, 0.1) is 39.4 Å². The van der Waals surface area contributed by atoms with Gasteiger partial charge in [0.25, 0.3) is 5.91 Å². The molecule has 4 fully saturated rings. The average molecular weight is 1020 g/mol. The highest BCUT2D eigenvalue weighted by atomic mass is 16.6. The highest BCUT2D eigenvalue weighted by Crippen LogP contribution is 2.81. The third-order valence-corrected chi connectivity index (χ3v) is 16.6.